The zero-order valence-corrected chi connectivity index (χ0v) is 11.2. The van der Waals surface area contributed by atoms with E-state index < -0.39 is 0 Å². The molecule has 1 aromatic rings. The van der Waals surface area contributed by atoms with Gasteiger partial charge in [0.1, 0.15) is 12.4 Å². The third-order valence-corrected chi connectivity index (χ3v) is 4.43. The lowest BCUT2D eigenvalue weighted by atomic mass is 10.00. The van der Waals surface area contributed by atoms with Gasteiger partial charge >= 0.3 is 0 Å². The van der Waals surface area contributed by atoms with E-state index in [2.05, 4.69) is 4.90 Å². The topological polar surface area (TPSA) is 58.7 Å². The molecule has 4 heteroatoms. The molecule has 4 nitrogen and oxygen atoms in total. The predicted molar refractivity (Wildman–Crippen MR) is 75.0 cm³/mol. The number of nitrogens with two attached hydrogens (primary N) is 1. The molecule has 0 radical (unpaired) electrons. The summed E-state index contributed by atoms with van der Waals surface area (Å²) in [5, 5.41) is 9.88. The van der Waals surface area contributed by atoms with Crippen LogP contribution >= 0.6 is 0 Å². The smallest absolute Gasteiger partial charge is 0.121 e. The van der Waals surface area contributed by atoms with Crippen LogP contribution in [0.1, 0.15) is 12.8 Å². The molecule has 1 saturated carbocycles. The molecule has 1 heterocycles. The Labute approximate surface area is 114 Å². The Morgan fingerprint density at radius 3 is 3.00 bits per heavy atom. The Balaban J connectivity index is 1.44. The first-order chi connectivity index (χ1) is 9.22. The van der Waals surface area contributed by atoms with Crippen molar-refractivity contribution in [3.05, 3.63) is 24.3 Å². The van der Waals surface area contributed by atoms with Gasteiger partial charge < -0.3 is 15.6 Å². The first-order valence-corrected chi connectivity index (χ1v) is 7.11. The zero-order valence-electron chi connectivity index (χ0n) is 11.2. The van der Waals surface area contributed by atoms with E-state index in [9.17, 15) is 5.11 Å². The Kier molecular flexibility index (Phi) is 3.62. The lowest BCUT2D eigenvalue weighted by molar-refractivity contribution is 0.122. The van der Waals surface area contributed by atoms with E-state index in [-0.39, 0.29) is 6.10 Å². The standard InChI is InChI=1S/C15H22N2O2/c16-12-2-1-3-13(8-12)19-7-6-17-9-11-4-5-15(18)14(11)10-17/h1-3,8,11,14-15,18H,4-7,9-10,16H2. The number of aliphatic hydroxyl groups excluding tert-OH is 1. The van der Waals surface area contributed by atoms with Gasteiger partial charge in [-0.1, -0.05) is 6.07 Å². The van der Waals surface area contributed by atoms with Crippen molar-refractivity contribution in [3.8, 4) is 5.75 Å². The molecule has 0 aromatic heterocycles. The van der Waals surface area contributed by atoms with Crippen molar-refractivity contribution < 1.29 is 9.84 Å². The quantitative estimate of drug-likeness (QED) is 0.804. The number of rotatable bonds is 4. The summed E-state index contributed by atoms with van der Waals surface area (Å²) >= 11 is 0. The van der Waals surface area contributed by atoms with E-state index in [1.54, 1.807) is 0 Å². The number of benzene rings is 1. The highest BCUT2D eigenvalue weighted by Gasteiger charge is 2.41. The Hall–Kier alpha value is -1.26. The number of hydrogen-bond donors (Lipinski definition) is 2. The Morgan fingerprint density at radius 1 is 1.32 bits per heavy atom. The highest BCUT2D eigenvalue weighted by atomic mass is 16.5. The van der Waals surface area contributed by atoms with E-state index in [1.165, 1.54) is 6.42 Å². The summed E-state index contributed by atoms with van der Waals surface area (Å²) < 4.78 is 5.71. The predicted octanol–water partition coefficient (Wildman–Crippen LogP) is 1.35. The molecule has 3 rings (SSSR count). The van der Waals surface area contributed by atoms with Gasteiger partial charge in [0, 0.05) is 37.3 Å². The maximum absolute atomic E-state index is 9.88. The summed E-state index contributed by atoms with van der Waals surface area (Å²) in [5.74, 6) is 2.02. The van der Waals surface area contributed by atoms with Crippen molar-refractivity contribution in [2.75, 3.05) is 32.0 Å². The number of anilines is 1. The normalized spacial score (nSPS) is 30.5. The van der Waals surface area contributed by atoms with Gasteiger partial charge in [-0.25, -0.2) is 0 Å². The van der Waals surface area contributed by atoms with Crippen LogP contribution in [0, 0.1) is 11.8 Å². The fourth-order valence-electron chi connectivity index (χ4n) is 3.41. The minimum atomic E-state index is -0.0789. The second kappa shape index (κ2) is 5.39. The van der Waals surface area contributed by atoms with Crippen molar-refractivity contribution >= 4 is 5.69 Å². The van der Waals surface area contributed by atoms with Crippen LogP contribution in [-0.4, -0.2) is 42.4 Å². The first kappa shape index (κ1) is 12.8. The molecule has 3 atom stereocenters. The van der Waals surface area contributed by atoms with Gasteiger partial charge in [-0.05, 0) is 30.9 Å². The van der Waals surface area contributed by atoms with Crippen LogP contribution in [0.25, 0.3) is 0 Å². The van der Waals surface area contributed by atoms with E-state index in [1.807, 2.05) is 24.3 Å². The van der Waals surface area contributed by atoms with Crippen molar-refractivity contribution in [2.24, 2.45) is 11.8 Å². The number of nitrogen functional groups attached to an aromatic ring is 1. The van der Waals surface area contributed by atoms with Crippen LogP contribution in [0.3, 0.4) is 0 Å². The molecule has 0 amide bonds. The molecule has 1 aliphatic heterocycles. The van der Waals surface area contributed by atoms with Gasteiger partial charge in [0.25, 0.3) is 0 Å². The fraction of sp³-hybridized carbons (Fsp3) is 0.600. The molecule has 1 aliphatic carbocycles. The fourth-order valence-corrected chi connectivity index (χ4v) is 3.41. The van der Waals surface area contributed by atoms with Crippen LogP contribution in [0.4, 0.5) is 5.69 Å². The monoisotopic (exact) mass is 262 g/mol. The molecule has 1 saturated heterocycles. The lowest BCUT2D eigenvalue weighted by Gasteiger charge is -2.18. The highest BCUT2D eigenvalue weighted by Crippen LogP contribution is 2.37. The molecule has 0 bridgehead atoms. The summed E-state index contributed by atoms with van der Waals surface area (Å²) in [6, 6.07) is 7.54. The van der Waals surface area contributed by atoms with Crippen LogP contribution < -0.4 is 10.5 Å². The Morgan fingerprint density at radius 2 is 2.21 bits per heavy atom. The summed E-state index contributed by atoms with van der Waals surface area (Å²) in [6.07, 6.45) is 2.09. The molecule has 104 valence electrons. The van der Waals surface area contributed by atoms with Gasteiger partial charge in [0.2, 0.25) is 0 Å². The number of fused-ring (bicyclic) bond motifs is 1. The maximum atomic E-state index is 9.88. The van der Waals surface area contributed by atoms with Crippen molar-refractivity contribution in [3.63, 3.8) is 0 Å². The minimum absolute atomic E-state index is 0.0789. The molecule has 1 aromatic carbocycles. The van der Waals surface area contributed by atoms with Gasteiger partial charge in [-0.3, -0.25) is 4.90 Å². The van der Waals surface area contributed by atoms with Crippen LogP contribution in [0.15, 0.2) is 24.3 Å². The lowest BCUT2D eigenvalue weighted by Crippen LogP contribution is -2.28. The number of hydrogen-bond acceptors (Lipinski definition) is 4. The third-order valence-electron chi connectivity index (χ3n) is 4.43. The van der Waals surface area contributed by atoms with Crippen LogP contribution in [-0.2, 0) is 0 Å². The largest absolute Gasteiger partial charge is 0.492 e. The van der Waals surface area contributed by atoms with Crippen LogP contribution in [0.5, 0.6) is 5.75 Å². The van der Waals surface area contributed by atoms with Gasteiger partial charge in [0.05, 0.1) is 6.10 Å². The molecular formula is C15H22N2O2. The number of aliphatic hydroxyl groups is 1. The molecule has 2 fully saturated rings. The average Bonchev–Trinajstić information content (AvgIpc) is 2.92. The molecular weight excluding hydrogens is 240 g/mol. The van der Waals surface area contributed by atoms with Crippen molar-refractivity contribution in [1.82, 2.24) is 4.90 Å². The third kappa shape index (κ3) is 2.85. The molecule has 3 unspecified atom stereocenters. The second-order valence-electron chi connectivity index (χ2n) is 5.75. The molecule has 0 spiro atoms. The van der Waals surface area contributed by atoms with E-state index >= 15 is 0 Å². The van der Waals surface area contributed by atoms with Gasteiger partial charge in [-0.2, -0.15) is 0 Å². The number of nitrogens with zero attached hydrogens (tertiary/aromatic N) is 1. The van der Waals surface area contributed by atoms with E-state index in [4.69, 9.17) is 10.5 Å². The number of likely N-dealkylation sites (tertiary alicyclic amines) is 1. The second-order valence-corrected chi connectivity index (χ2v) is 5.75. The zero-order chi connectivity index (χ0) is 13.2. The molecule has 19 heavy (non-hydrogen) atoms. The minimum Gasteiger partial charge on any atom is -0.492 e. The van der Waals surface area contributed by atoms with E-state index in [0.29, 0.717) is 18.4 Å². The number of ether oxygens (including phenoxy) is 1. The summed E-state index contributed by atoms with van der Waals surface area (Å²) in [7, 11) is 0. The molecule has 3 N–H and O–H groups in total. The highest BCUT2D eigenvalue weighted by molar-refractivity contribution is 5.43. The van der Waals surface area contributed by atoms with Gasteiger partial charge in [0.15, 0.2) is 0 Å². The van der Waals surface area contributed by atoms with Crippen molar-refractivity contribution in [2.45, 2.75) is 18.9 Å². The first-order valence-electron chi connectivity index (χ1n) is 7.11. The van der Waals surface area contributed by atoms with Gasteiger partial charge in [-0.15, -0.1) is 0 Å². The average molecular weight is 262 g/mol. The summed E-state index contributed by atoms with van der Waals surface area (Å²) in [5.41, 5.74) is 6.44. The SMILES string of the molecule is Nc1cccc(OCCN2CC3CCC(O)C3C2)c1. The summed E-state index contributed by atoms with van der Waals surface area (Å²) in [6.45, 7) is 3.74. The maximum Gasteiger partial charge on any atom is 0.121 e. The van der Waals surface area contributed by atoms with Crippen LogP contribution in [0.2, 0.25) is 0 Å². The van der Waals surface area contributed by atoms with E-state index in [0.717, 1.165) is 37.5 Å². The summed E-state index contributed by atoms with van der Waals surface area (Å²) in [4.78, 5) is 2.41. The Bertz CT molecular complexity index is 438. The van der Waals surface area contributed by atoms with Crippen molar-refractivity contribution in [1.29, 1.82) is 0 Å². The molecule has 2 aliphatic rings.